The standard InChI is InChI=1S/C20H29N5.HI/c1-17-10-4-5-11-18(17)16-25(3)20(21-2)24-15-9-8-14-23-19-12-6-7-13-22-19;/h4-7,10-13H,8-9,14-16H2,1-3H3,(H,21,24)(H,22,23);1H. The number of rotatable bonds is 8. The fraction of sp³-hybridized carbons (Fsp3) is 0.400. The van der Waals surface area contributed by atoms with Crippen molar-refractivity contribution < 1.29 is 0 Å². The van der Waals surface area contributed by atoms with Gasteiger partial charge in [0.2, 0.25) is 0 Å². The maximum Gasteiger partial charge on any atom is 0.193 e. The molecule has 1 heterocycles. The molecule has 0 amide bonds. The Labute approximate surface area is 174 Å². The molecule has 1 aromatic heterocycles. The van der Waals surface area contributed by atoms with E-state index in [9.17, 15) is 0 Å². The summed E-state index contributed by atoms with van der Waals surface area (Å²) in [5.41, 5.74) is 2.64. The van der Waals surface area contributed by atoms with Gasteiger partial charge in [0.25, 0.3) is 0 Å². The number of hydrogen-bond donors (Lipinski definition) is 2. The summed E-state index contributed by atoms with van der Waals surface area (Å²) in [6, 6.07) is 14.4. The summed E-state index contributed by atoms with van der Waals surface area (Å²) in [5, 5.41) is 6.77. The molecule has 0 aliphatic heterocycles. The number of guanidine groups is 1. The number of unbranched alkanes of at least 4 members (excludes halogenated alkanes) is 1. The first-order valence-electron chi connectivity index (χ1n) is 8.82. The first-order chi connectivity index (χ1) is 12.2. The van der Waals surface area contributed by atoms with Crippen molar-refractivity contribution in [2.75, 3.05) is 32.5 Å². The molecule has 5 nitrogen and oxygen atoms in total. The molecule has 0 aliphatic rings. The van der Waals surface area contributed by atoms with Crippen molar-refractivity contribution in [3.63, 3.8) is 0 Å². The Morgan fingerprint density at radius 3 is 2.50 bits per heavy atom. The second-order valence-corrected chi connectivity index (χ2v) is 6.11. The van der Waals surface area contributed by atoms with Gasteiger partial charge in [-0.1, -0.05) is 30.3 Å². The molecule has 0 bridgehead atoms. The van der Waals surface area contributed by atoms with Crippen molar-refractivity contribution in [1.29, 1.82) is 0 Å². The smallest absolute Gasteiger partial charge is 0.193 e. The van der Waals surface area contributed by atoms with E-state index in [0.717, 1.165) is 44.3 Å². The average molecular weight is 467 g/mol. The summed E-state index contributed by atoms with van der Waals surface area (Å²) >= 11 is 0. The Hall–Kier alpha value is -1.83. The molecule has 0 unspecified atom stereocenters. The van der Waals surface area contributed by atoms with E-state index < -0.39 is 0 Å². The highest BCUT2D eigenvalue weighted by molar-refractivity contribution is 14.0. The van der Waals surface area contributed by atoms with E-state index >= 15 is 0 Å². The third kappa shape index (κ3) is 7.59. The normalized spacial score (nSPS) is 10.8. The molecule has 26 heavy (non-hydrogen) atoms. The zero-order valence-electron chi connectivity index (χ0n) is 15.9. The second-order valence-electron chi connectivity index (χ2n) is 6.11. The third-order valence-corrected chi connectivity index (χ3v) is 4.10. The van der Waals surface area contributed by atoms with Crippen LogP contribution < -0.4 is 10.6 Å². The predicted molar refractivity (Wildman–Crippen MR) is 121 cm³/mol. The number of benzene rings is 1. The highest BCUT2D eigenvalue weighted by atomic mass is 127. The van der Waals surface area contributed by atoms with Gasteiger partial charge in [-0.3, -0.25) is 4.99 Å². The van der Waals surface area contributed by atoms with Gasteiger partial charge in [0, 0.05) is 39.9 Å². The van der Waals surface area contributed by atoms with Crippen LogP contribution in [0.2, 0.25) is 0 Å². The topological polar surface area (TPSA) is 52.6 Å². The van der Waals surface area contributed by atoms with Crippen LogP contribution in [0.3, 0.4) is 0 Å². The molecule has 2 N–H and O–H groups in total. The van der Waals surface area contributed by atoms with Crippen LogP contribution in [0.1, 0.15) is 24.0 Å². The predicted octanol–water partition coefficient (Wildman–Crippen LogP) is 3.91. The maximum atomic E-state index is 4.39. The van der Waals surface area contributed by atoms with Gasteiger partial charge >= 0.3 is 0 Å². The molecule has 0 saturated heterocycles. The molecule has 142 valence electrons. The van der Waals surface area contributed by atoms with Crippen LogP contribution in [0.25, 0.3) is 0 Å². The van der Waals surface area contributed by atoms with Crippen molar-refractivity contribution in [2.45, 2.75) is 26.3 Å². The second kappa shape index (κ2) is 12.5. The molecule has 0 saturated carbocycles. The van der Waals surface area contributed by atoms with Gasteiger partial charge < -0.3 is 15.5 Å². The van der Waals surface area contributed by atoms with Gasteiger partial charge in [0.05, 0.1) is 0 Å². The third-order valence-electron chi connectivity index (χ3n) is 4.10. The SMILES string of the molecule is CN=C(NCCCCNc1ccccn1)N(C)Cc1ccccc1C.I. The van der Waals surface area contributed by atoms with Crippen molar-refractivity contribution in [3.05, 3.63) is 59.8 Å². The van der Waals surface area contributed by atoms with Crippen LogP contribution in [0.15, 0.2) is 53.7 Å². The molecular weight excluding hydrogens is 437 g/mol. The number of halogens is 1. The Balaban J connectivity index is 0.00000338. The Kier molecular flexibility index (Phi) is 10.7. The van der Waals surface area contributed by atoms with E-state index in [1.807, 2.05) is 25.2 Å². The minimum Gasteiger partial charge on any atom is -0.370 e. The monoisotopic (exact) mass is 467 g/mol. The average Bonchev–Trinajstić information content (AvgIpc) is 2.64. The van der Waals surface area contributed by atoms with E-state index in [-0.39, 0.29) is 24.0 Å². The zero-order chi connectivity index (χ0) is 17.9. The van der Waals surface area contributed by atoms with Gasteiger partial charge in [-0.15, -0.1) is 24.0 Å². The Morgan fingerprint density at radius 2 is 1.81 bits per heavy atom. The van der Waals surface area contributed by atoms with E-state index in [0.29, 0.717) is 0 Å². The number of nitrogens with zero attached hydrogens (tertiary/aromatic N) is 3. The van der Waals surface area contributed by atoms with Gasteiger partial charge in [-0.2, -0.15) is 0 Å². The molecule has 6 heteroatoms. The Morgan fingerprint density at radius 1 is 1.08 bits per heavy atom. The number of aromatic nitrogens is 1. The minimum atomic E-state index is 0. The summed E-state index contributed by atoms with van der Waals surface area (Å²) in [6.07, 6.45) is 3.97. The Bertz CT molecular complexity index is 660. The van der Waals surface area contributed by atoms with Gasteiger partial charge in [0.15, 0.2) is 5.96 Å². The molecule has 2 rings (SSSR count). The molecular formula is C20H30IN5. The fourth-order valence-electron chi connectivity index (χ4n) is 2.64. The summed E-state index contributed by atoms with van der Waals surface area (Å²) in [7, 11) is 3.91. The summed E-state index contributed by atoms with van der Waals surface area (Å²) in [5.74, 6) is 1.87. The molecule has 0 fully saturated rings. The van der Waals surface area contributed by atoms with E-state index in [1.165, 1.54) is 11.1 Å². The van der Waals surface area contributed by atoms with Gasteiger partial charge in [-0.25, -0.2) is 4.98 Å². The van der Waals surface area contributed by atoms with Crippen LogP contribution in [0, 0.1) is 6.92 Å². The summed E-state index contributed by atoms with van der Waals surface area (Å²) in [4.78, 5) is 10.8. The first-order valence-corrected chi connectivity index (χ1v) is 8.82. The largest absolute Gasteiger partial charge is 0.370 e. The van der Waals surface area contributed by atoms with Crippen LogP contribution in [-0.4, -0.2) is 43.0 Å². The lowest BCUT2D eigenvalue weighted by Gasteiger charge is -2.23. The highest BCUT2D eigenvalue weighted by Crippen LogP contribution is 2.09. The van der Waals surface area contributed by atoms with Crippen molar-refractivity contribution >= 4 is 35.8 Å². The lowest BCUT2D eigenvalue weighted by Crippen LogP contribution is -2.39. The highest BCUT2D eigenvalue weighted by Gasteiger charge is 2.07. The number of hydrogen-bond acceptors (Lipinski definition) is 3. The first kappa shape index (κ1) is 22.2. The van der Waals surface area contributed by atoms with Crippen LogP contribution >= 0.6 is 24.0 Å². The number of aliphatic imine (C=N–C) groups is 1. The number of aryl methyl sites for hydroxylation is 1. The molecule has 0 spiro atoms. The molecule has 0 aliphatic carbocycles. The van der Waals surface area contributed by atoms with E-state index in [2.05, 4.69) is 63.7 Å². The van der Waals surface area contributed by atoms with Crippen LogP contribution in [0.4, 0.5) is 5.82 Å². The molecule has 0 atom stereocenters. The van der Waals surface area contributed by atoms with E-state index in [4.69, 9.17) is 0 Å². The van der Waals surface area contributed by atoms with Crippen molar-refractivity contribution in [3.8, 4) is 0 Å². The minimum absolute atomic E-state index is 0. The lowest BCUT2D eigenvalue weighted by molar-refractivity contribution is 0.474. The number of anilines is 1. The quantitative estimate of drug-likeness (QED) is 0.268. The van der Waals surface area contributed by atoms with Gasteiger partial charge in [0.1, 0.15) is 5.82 Å². The van der Waals surface area contributed by atoms with Crippen LogP contribution in [-0.2, 0) is 6.54 Å². The van der Waals surface area contributed by atoms with Gasteiger partial charge in [-0.05, 0) is 43.0 Å². The number of nitrogens with one attached hydrogen (secondary N) is 2. The lowest BCUT2D eigenvalue weighted by atomic mass is 10.1. The zero-order valence-corrected chi connectivity index (χ0v) is 18.2. The maximum absolute atomic E-state index is 4.39. The number of pyridine rings is 1. The summed E-state index contributed by atoms with van der Waals surface area (Å²) in [6.45, 7) is 4.84. The van der Waals surface area contributed by atoms with E-state index in [1.54, 1.807) is 6.20 Å². The molecule has 0 radical (unpaired) electrons. The fourth-order valence-corrected chi connectivity index (χ4v) is 2.64. The van der Waals surface area contributed by atoms with Crippen molar-refractivity contribution in [2.24, 2.45) is 4.99 Å². The summed E-state index contributed by atoms with van der Waals surface area (Å²) < 4.78 is 0. The van der Waals surface area contributed by atoms with Crippen LogP contribution in [0.5, 0.6) is 0 Å². The van der Waals surface area contributed by atoms with Crippen molar-refractivity contribution in [1.82, 2.24) is 15.2 Å². The molecule has 1 aromatic carbocycles. The molecule has 2 aromatic rings.